The molecule has 3 fully saturated rings. The Bertz CT molecular complexity index is 5480. The van der Waals surface area contributed by atoms with Crippen LogP contribution in [-0.4, -0.2) is 218 Å². The van der Waals surface area contributed by atoms with Gasteiger partial charge in [0.05, 0.1) is 56.8 Å². The van der Waals surface area contributed by atoms with Crippen molar-refractivity contribution in [3.05, 3.63) is 186 Å². The number of fused-ring (bicyclic) bond motifs is 15. The molecule has 23 atom stereocenters. The van der Waals surface area contributed by atoms with Crippen molar-refractivity contribution in [3.63, 3.8) is 0 Å². The molecule has 8 aliphatic heterocycles. The van der Waals surface area contributed by atoms with Crippen LogP contribution in [0.1, 0.15) is 161 Å². The van der Waals surface area contributed by atoms with Crippen LogP contribution < -0.4 is 46.9 Å². The normalized spacial score (nSPS) is 29.0. The van der Waals surface area contributed by atoms with Crippen LogP contribution in [0.3, 0.4) is 0 Å². The lowest BCUT2D eigenvalue weighted by atomic mass is 9.84. The van der Waals surface area contributed by atoms with Crippen molar-refractivity contribution >= 4 is 99.3 Å². The zero-order valence-corrected chi connectivity index (χ0v) is 74.3. The smallest absolute Gasteiger partial charge is 0.330 e. The van der Waals surface area contributed by atoms with Gasteiger partial charge in [-0.25, -0.2) is 4.79 Å². The molecule has 702 valence electrons. The number of carbonyl (C=O) groups excluding carboxylic acids is 8. The molecule has 39 heteroatoms. The van der Waals surface area contributed by atoms with Crippen molar-refractivity contribution in [1.82, 2.24) is 21.3 Å². The van der Waals surface area contributed by atoms with E-state index in [0.717, 1.165) is 65.7 Å². The van der Waals surface area contributed by atoms with E-state index in [1.807, 2.05) is 26.0 Å². The van der Waals surface area contributed by atoms with Gasteiger partial charge in [0, 0.05) is 72.7 Å². The van der Waals surface area contributed by atoms with Gasteiger partial charge in [-0.3, -0.25) is 38.4 Å². The van der Waals surface area contributed by atoms with E-state index in [1.54, 1.807) is 37.3 Å². The van der Waals surface area contributed by atoms with Gasteiger partial charge < -0.3 is 132 Å². The maximum Gasteiger partial charge on any atom is 0.330 e. The number of aliphatic hydroxyl groups is 8. The summed E-state index contributed by atoms with van der Waals surface area (Å²) in [6.07, 6.45) is -29.4. The molecule has 7 aromatic carbocycles. The fourth-order valence-corrected chi connectivity index (χ4v) is 18.1. The molecule has 0 spiro atoms. The van der Waals surface area contributed by atoms with E-state index in [2.05, 4.69) is 21.3 Å². The van der Waals surface area contributed by atoms with Crippen molar-refractivity contribution in [1.29, 1.82) is 0 Å². The highest BCUT2D eigenvalue weighted by atomic mass is 35.5. The summed E-state index contributed by atoms with van der Waals surface area (Å²) in [5, 5.41) is 150. The summed E-state index contributed by atoms with van der Waals surface area (Å²) in [6.45, 7) is 7.29. The lowest BCUT2D eigenvalue weighted by molar-refractivity contribution is -0.351. The number of phenolic OH excluding ortho intramolecular Hbond substituents is 3. The van der Waals surface area contributed by atoms with Gasteiger partial charge in [-0.15, -0.1) is 0 Å². The fourth-order valence-electron chi connectivity index (χ4n) is 17.3. The molecular formula is C92H102Cl4N6O29. The van der Waals surface area contributed by atoms with Crippen molar-refractivity contribution in [2.24, 2.45) is 29.2 Å². The lowest BCUT2D eigenvalue weighted by Gasteiger charge is -2.46. The number of aromatic hydroxyl groups is 3. The van der Waals surface area contributed by atoms with Gasteiger partial charge in [-0.2, -0.15) is 0 Å². The fraction of sp³-hybridized carbons (Fsp3) is 0.446. The van der Waals surface area contributed by atoms with Crippen LogP contribution in [0.15, 0.2) is 121 Å². The molecule has 0 radical (unpaired) electrons. The molecule has 5 amide bonds. The zero-order valence-electron chi connectivity index (χ0n) is 71.3. The molecule has 11 bridgehead atoms. The number of ketones is 3. The molecular weight excluding hydrogens is 1790 g/mol. The molecule has 20 N–H and O–H groups in total. The standard InChI is InChI=1S/C92H102Cl4N6O29/c1-6-43(22-38(2)3)85(118)101-73-60(108)29-48(32-68(97)110)86(119)99-71-47-30-65(125-62-20-16-45(75(73)111)27-56(62)95)82(130-91-80(116)78(114)83(67(37-103)128-91)131-90-79(115)77(113)76(112)64(127-90)9-7-8-40-10-12-41(13-11-40)23-49(104)24-42-14-18-54(93)55(94)25-42)66(31-47)126-63-21-17-46(28-57(63)96)81(129-69-36-92(5,98)84(117)39(4)124-69)74-88(121)100-72(89(122)123)53-33-50(105)34-59(107)70(53)52-26-44(15-19-58(52)106)51(35-61(71)109)87(120)102-74/h10-21,25-28,30-31,33-34,38-39,43,48,51,64,67,69,71-81,83-84,90-91,103,105-107,111-117H,6-9,22-24,29,32,35-37,98H2,1-5H3,(H2,97,110)(H,99,119)(H,100,121)(H,101,118)(H,102,120)(H,122,123)/t39-,43+,48-,51+,64+,67+,69?,71+,72+,73-,74-,75+,76-,77-,78+,79+,80+,81+,83+,84-,90-,91-,92-/m0/s1. The SMILES string of the molecule is CC[C@H](CC(C)C)C(=O)N[C@H]1C(=O)C[C@@H](CC(N)=O)C(=O)N[C@H]2C(=O)C[C@H]3C(=O)N[C@H](C(=O)N[C@@H](C(=O)O)c4cc(O)cc(O)c4-c4cc3ccc4O)[C@H](OC3C[C@](C)(N)[C@@H](O)[C@H](C)O3)c3ccc(c(Cl)c3)Oc3cc2cc(c3O[C@@H]2O[C@H](CO)[C@@H](O[C@@H]3O[C@H](CCCc4ccc(CC(=O)Cc5ccc(Cl)c(Cl)c5)cc4)[C@H](O)[C@H](O)[C@H]3O)[C@H](O)[C@H]2O)Oc2ccc(cc2Cl)[C@H]1O. The number of aliphatic hydroxyl groups excluding tert-OH is 8. The van der Waals surface area contributed by atoms with E-state index in [1.165, 1.54) is 38.1 Å². The van der Waals surface area contributed by atoms with Crippen LogP contribution in [0.4, 0.5) is 0 Å². The number of halogens is 4. The largest absolute Gasteiger partial charge is 0.508 e. The van der Waals surface area contributed by atoms with Crippen molar-refractivity contribution in [2.75, 3.05) is 6.61 Å². The Morgan fingerprint density at radius 1 is 0.626 bits per heavy atom. The summed E-state index contributed by atoms with van der Waals surface area (Å²) < 4.78 is 51.6. The van der Waals surface area contributed by atoms with Crippen LogP contribution in [0, 0.1) is 17.8 Å². The second kappa shape index (κ2) is 41.5. The van der Waals surface area contributed by atoms with Gasteiger partial charge >= 0.3 is 5.97 Å². The van der Waals surface area contributed by atoms with Crippen LogP contribution in [-0.2, 0) is 86.1 Å². The maximum atomic E-state index is 16.6. The summed E-state index contributed by atoms with van der Waals surface area (Å²) in [5.41, 5.74) is 10.8. The minimum atomic E-state index is -2.35. The number of hydrogen-bond donors (Lipinski definition) is 18. The molecule has 0 aliphatic carbocycles. The quantitative estimate of drug-likeness (QED) is 0.0305. The number of phenols is 3. The highest BCUT2D eigenvalue weighted by Gasteiger charge is 2.53. The van der Waals surface area contributed by atoms with E-state index < -0.39 is 280 Å². The van der Waals surface area contributed by atoms with Crippen LogP contribution >= 0.6 is 46.4 Å². The van der Waals surface area contributed by atoms with Gasteiger partial charge in [-0.05, 0) is 158 Å². The van der Waals surface area contributed by atoms with Crippen molar-refractivity contribution in [2.45, 2.75) is 233 Å². The molecule has 0 saturated carbocycles. The van der Waals surface area contributed by atoms with Crippen molar-refractivity contribution < 1.29 is 142 Å². The van der Waals surface area contributed by atoms with Gasteiger partial charge in [0.15, 0.2) is 41.7 Å². The number of ether oxygens (including phenoxy) is 8. The van der Waals surface area contributed by atoms with Crippen molar-refractivity contribution in [3.8, 4) is 57.1 Å². The number of aliphatic carboxylic acids is 1. The van der Waals surface area contributed by atoms with Crippen LogP contribution in [0.25, 0.3) is 11.1 Å². The first kappa shape index (κ1) is 98.3. The summed E-state index contributed by atoms with van der Waals surface area (Å²) in [5.74, 6) is -19.9. The topological polar surface area (TPSA) is 570 Å². The number of carboxylic acids is 1. The lowest BCUT2D eigenvalue weighted by Crippen LogP contribution is -2.64. The number of amides is 5. The van der Waals surface area contributed by atoms with E-state index in [-0.39, 0.29) is 71.3 Å². The predicted octanol–water partition coefficient (Wildman–Crippen LogP) is 7.04. The Labute approximate surface area is 770 Å². The molecule has 15 rings (SSSR count). The Balaban J connectivity index is 0.929. The summed E-state index contributed by atoms with van der Waals surface area (Å²) in [6, 6.07) is 17.6. The molecule has 35 nitrogen and oxygen atoms in total. The first-order chi connectivity index (χ1) is 62.1. The number of nitrogens with two attached hydrogens (primary N) is 2. The van der Waals surface area contributed by atoms with E-state index in [0.29, 0.717) is 34.9 Å². The molecule has 1 unspecified atom stereocenters. The number of carboxylic acid groups (broad SMARTS) is 1. The monoisotopic (exact) mass is 1890 g/mol. The Hall–Kier alpha value is -10.2. The molecule has 131 heavy (non-hydrogen) atoms. The third-order valence-electron chi connectivity index (χ3n) is 24.3. The van der Waals surface area contributed by atoms with Crippen LogP contribution in [0.2, 0.25) is 20.1 Å². The Morgan fingerprint density at radius 3 is 1.89 bits per heavy atom. The second-order valence-electron chi connectivity index (χ2n) is 34.5. The van der Waals surface area contributed by atoms with Gasteiger partial charge in [-0.1, -0.05) is 116 Å². The summed E-state index contributed by atoms with van der Waals surface area (Å²) >= 11 is 26.8. The average Bonchev–Trinajstić information content (AvgIpc) is 0.765. The predicted molar refractivity (Wildman–Crippen MR) is 467 cm³/mol. The number of carbonyl (C=O) groups is 9. The average molecular weight is 1900 g/mol. The molecule has 7 aromatic rings. The number of aryl methyl sites for hydroxylation is 1. The number of rotatable bonds is 23. The highest BCUT2D eigenvalue weighted by molar-refractivity contribution is 6.42. The van der Waals surface area contributed by atoms with Crippen LogP contribution in [0.5, 0.6) is 46.0 Å². The van der Waals surface area contributed by atoms with E-state index >= 15 is 24.0 Å². The second-order valence-corrected chi connectivity index (χ2v) is 36.2. The van der Waals surface area contributed by atoms with Gasteiger partial charge in [0.2, 0.25) is 41.6 Å². The molecule has 8 heterocycles. The number of primary amides is 1. The van der Waals surface area contributed by atoms with Gasteiger partial charge in [0.1, 0.15) is 108 Å². The maximum absolute atomic E-state index is 16.6. The summed E-state index contributed by atoms with van der Waals surface area (Å²) in [4.78, 5) is 134. The third kappa shape index (κ3) is 22.3. The third-order valence-corrected chi connectivity index (χ3v) is 25.6. The number of Topliss-reactive ketones (excluding diaryl/α,β-unsaturated/α-hetero) is 3. The Morgan fingerprint density at radius 2 is 1.26 bits per heavy atom. The number of nitrogens with one attached hydrogen (secondary N) is 4. The minimum Gasteiger partial charge on any atom is -0.508 e. The highest BCUT2D eigenvalue weighted by Crippen LogP contribution is 2.51. The minimum absolute atomic E-state index is 0.0345. The van der Waals surface area contributed by atoms with Gasteiger partial charge in [0.25, 0.3) is 0 Å². The van der Waals surface area contributed by atoms with E-state index in [4.69, 9.17) is 95.8 Å². The number of hydrogen-bond acceptors (Lipinski definition) is 29. The first-order valence-corrected chi connectivity index (χ1v) is 44.0. The molecule has 0 aromatic heterocycles. The molecule has 8 aliphatic rings. The van der Waals surface area contributed by atoms with E-state index in [9.17, 15) is 80.5 Å². The first-order valence-electron chi connectivity index (χ1n) is 42.5. The zero-order chi connectivity index (χ0) is 94.8. The summed E-state index contributed by atoms with van der Waals surface area (Å²) in [7, 11) is 0. The molecule has 3 saturated heterocycles. The Kier molecular flexibility index (Phi) is 31.1. The number of benzene rings is 7.